The van der Waals surface area contributed by atoms with Gasteiger partial charge in [-0.2, -0.15) is 0 Å². The molecule has 0 aliphatic heterocycles. The predicted molar refractivity (Wildman–Crippen MR) is 71.5 cm³/mol. The quantitative estimate of drug-likeness (QED) is 0.710. The van der Waals surface area contributed by atoms with Gasteiger partial charge in [-0.05, 0) is 39.2 Å². The Labute approximate surface area is 110 Å². The fraction of sp³-hybridized carbons (Fsp3) is 0.929. The summed E-state index contributed by atoms with van der Waals surface area (Å²) in [6, 6.07) is 0. The van der Waals surface area contributed by atoms with Gasteiger partial charge >= 0.3 is 5.97 Å². The Morgan fingerprint density at radius 3 is 2.78 bits per heavy atom. The molecule has 0 aromatic heterocycles. The molecule has 18 heavy (non-hydrogen) atoms. The van der Waals surface area contributed by atoms with Crippen molar-refractivity contribution in [2.75, 3.05) is 20.3 Å². The van der Waals surface area contributed by atoms with Gasteiger partial charge in [0.25, 0.3) is 0 Å². The third-order valence-corrected chi connectivity index (χ3v) is 3.66. The van der Waals surface area contributed by atoms with Gasteiger partial charge in [0.1, 0.15) is 5.54 Å². The maximum absolute atomic E-state index is 12.0. The van der Waals surface area contributed by atoms with Gasteiger partial charge in [-0.3, -0.25) is 4.79 Å². The van der Waals surface area contributed by atoms with Crippen molar-refractivity contribution in [1.82, 2.24) is 5.32 Å². The molecule has 0 aromatic rings. The number of carbonyl (C=O) groups excluding carboxylic acids is 1. The maximum Gasteiger partial charge on any atom is 0.326 e. The van der Waals surface area contributed by atoms with Crippen molar-refractivity contribution in [1.29, 1.82) is 0 Å². The van der Waals surface area contributed by atoms with Crippen LogP contribution in [0, 0.1) is 5.92 Å². The van der Waals surface area contributed by atoms with Crippen LogP contribution >= 0.6 is 0 Å². The first kappa shape index (κ1) is 15.4. The van der Waals surface area contributed by atoms with Crippen LogP contribution in [-0.2, 0) is 14.3 Å². The minimum atomic E-state index is -0.529. The molecule has 4 nitrogen and oxygen atoms in total. The zero-order valence-electron chi connectivity index (χ0n) is 12.1. The molecule has 1 N–H and O–H groups in total. The van der Waals surface area contributed by atoms with Crippen molar-refractivity contribution >= 4 is 5.97 Å². The van der Waals surface area contributed by atoms with Crippen molar-refractivity contribution in [3.63, 3.8) is 0 Å². The third kappa shape index (κ3) is 3.95. The summed E-state index contributed by atoms with van der Waals surface area (Å²) >= 11 is 0. The lowest BCUT2D eigenvalue weighted by molar-refractivity contribution is -0.151. The van der Waals surface area contributed by atoms with E-state index in [0.29, 0.717) is 12.5 Å². The molecule has 106 valence electrons. The number of nitrogens with one attached hydrogen (secondary N) is 1. The van der Waals surface area contributed by atoms with Crippen LogP contribution < -0.4 is 5.32 Å². The molecule has 0 aromatic carbocycles. The second-order valence-electron chi connectivity index (χ2n) is 5.47. The minimum absolute atomic E-state index is 0.137. The summed E-state index contributed by atoms with van der Waals surface area (Å²) in [5, 5.41) is 3.14. The molecular weight excluding hydrogens is 230 g/mol. The van der Waals surface area contributed by atoms with Crippen LogP contribution in [0.2, 0.25) is 0 Å². The van der Waals surface area contributed by atoms with Crippen molar-refractivity contribution in [3.05, 3.63) is 0 Å². The van der Waals surface area contributed by atoms with Gasteiger partial charge in [-0.15, -0.1) is 0 Å². The highest BCUT2D eigenvalue weighted by molar-refractivity contribution is 5.81. The lowest BCUT2D eigenvalue weighted by Crippen LogP contribution is -2.49. The summed E-state index contributed by atoms with van der Waals surface area (Å²) in [4.78, 5) is 12.0. The Bertz CT molecular complexity index is 268. The number of hydrogen-bond donors (Lipinski definition) is 1. The van der Waals surface area contributed by atoms with Gasteiger partial charge in [-0.1, -0.05) is 13.8 Å². The molecule has 2 unspecified atom stereocenters. The zero-order chi connectivity index (χ0) is 13.6. The van der Waals surface area contributed by atoms with Crippen molar-refractivity contribution in [3.8, 4) is 0 Å². The summed E-state index contributed by atoms with van der Waals surface area (Å²) in [5.74, 6) is 0.521. The lowest BCUT2D eigenvalue weighted by atomic mass is 9.98. The van der Waals surface area contributed by atoms with Crippen LogP contribution in [0.25, 0.3) is 0 Å². The van der Waals surface area contributed by atoms with Gasteiger partial charge in [0, 0.05) is 13.0 Å². The Kier molecular flexibility index (Phi) is 6.09. The Hall–Kier alpha value is -0.610. The molecular formula is C14H27NO3. The second-order valence-corrected chi connectivity index (χ2v) is 5.47. The predicted octanol–water partition coefficient (Wildman–Crippen LogP) is 2.12. The highest BCUT2D eigenvalue weighted by Gasteiger charge is 2.45. The van der Waals surface area contributed by atoms with E-state index in [4.69, 9.17) is 9.47 Å². The van der Waals surface area contributed by atoms with Crippen molar-refractivity contribution in [2.45, 2.75) is 58.1 Å². The number of carbonyl (C=O) groups is 1. The van der Waals surface area contributed by atoms with E-state index in [1.807, 2.05) is 14.0 Å². The van der Waals surface area contributed by atoms with Crippen LogP contribution in [0.1, 0.15) is 46.5 Å². The van der Waals surface area contributed by atoms with Crippen LogP contribution in [0.15, 0.2) is 0 Å². The summed E-state index contributed by atoms with van der Waals surface area (Å²) in [6.45, 7) is 7.43. The molecule has 1 aliphatic rings. The fourth-order valence-electron chi connectivity index (χ4n) is 2.40. The summed E-state index contributed by atoms with van der Waals surface area (Å²) in [7, 11) is 1.83. The van der Waals surface area contributed by atoms with Gasteiger partial charge in [0.05, 0.1) is 12.7 Å². The first-order chi connectivity index (χ1) is 8.54. The summed E-state index contributed by atoms with van der Waals surface area (Å²) in [6.07, 6.45) is 3.70. The first-order valence-electron chi connectivity index (χ1n) is 7.01. The van der Waals surface area contributed by atoms with E-state index in [0.717, 1.165) is 32.3 Å². The van der Waals surface area contributed by atoms with E-state index < -0.39 is 5.54 Å². The van der Waals surface area contributed by atoms with E-state index >= 15 is 0 Å². The zero-order valence-corrected chi connectivity index (χ0v) is 12.1. The Morgan fingerprint density at radius 1 is 1.50 bits per heavy atom. The monoisotopic (exact) mass is 257 g/mol. The van der Waals surface area contributed by atoms with Crippen molar-refractivity contribution < 1.29 is 14.3 Å². The molecule has 1 aliphatic carbocycles. The molecule has 0 spiro atoms. The molecule has 0 heterocycles. The van der Waals surface area contributed by atoms with Crippen molar-refractivity contribution in [2.24, 2.45) is 5.92 Å². The number of likely N-dealkylation sites (N-methyl/N-ethyl adjacent to an activating group) is 1. The average molecular weight is 257 g/mol. The highest BCUT2D eigenvalue weighted by atomic mass is 16.5. The van der Waals surface area contributed by atoms with E-state index in [-0.39, 0.29) is 12.1 Å². The summed E-state index contributed by atoms with van der Waals surface area (Å²) < 4.78 is 11.0. The van der Waals surface area contributed by atoms with E-state index in [1.165, 1.54) is 0 Å². The summed E-state index contributed by atoms with van der Waals surface area (Å²) in [5.41, 5.74) is -0.529. The lowest BCUT2D eigenvalue weighted by Gasteiger charge is -2.26. The second kappa shape index (κ2) is 7.10. The fourth-order valence-corrected chi connectivity index (χ4v) is 2.40. The smallest absolute Gasteiger partial charge is 0.326 e. The molecule has 1 saturated carbocycles. The molecule has 2 atom stereocenters. The number of ether oxygens (including phenoxy) is 2. The van der Waals surface area contributed by atoms with Crippen LogP contribution in [0.5, 0.6) is 0 Å². The standard InChI is InChI=1S/C14H27NO3/c1-5-17-13(16)14(15-4)8-6-12(10-14)18-9-7-11(2)3/h11-12,15H,5-10H2,1-4H3. The first-order valence-corrected chi connectivity index (χ1v) is 7.01. The molecule has 1 fully saturated rings. The van der Waals surface area contributed by atoms with Crippen LogP contribution in [0.3, 0.4) is 0 Å². The van der Waals surface area contributed by atoms with Gasteiger partial charge in [-0.25, -0.2) is 0 Å². The molecule has 0 bridgehead atoms. The number of rotatable bonds is 7. The highest BCUT2D eigenvalue weighted by Crippen LogP contribution is 2.33. The van der Waals surface area contributed by atoms with Crippen LogP contribution in [0.4, 0.5) is 0 Å². The van der Waals surface area contributed by atoms with E-state index in [9.17, 15) is 4.79 Å². The van der Waals surface area contributed by atoms with Gasteiger partial charge in [0.2, 0.25) is 0 Å². The Balaban J connectivity index is 2.43. The number of hydrogen-bond acceptors (Lipinski definition) is 4. The molecule has 0 radical (unpaired) electrons. The molecule has 0 amide bonds. The molecule has 1 rings (SSSR count). The Morgan fingerprint density at radius 2 is 2.22 bits per heavy atom. The van der Waals surface area contributed by atoms with Gasteiger partial charge < -0.3 is 14.8 Å². The van der Waals surface area contributed by atoms with E-state index in [1.54, 1.807) is 0 Å². The topological polar surface area (TPSA) is 47.6 Å². The SMILES string of the molecule is CCOC(=O)C1(NC)CCC(OCCC(C)C)C1. The minimum Gasteiger partial charge on any atom is -0.465 e. The normalized spacial score (nSPS) is 27.7. The third-order valence-electron chi connectivity index (χ3n) is 3.66. The van der Waals surface area contributed by atoms with Gasteiger partial charge in [0.15, 0.2) is 0 Å². The largest absolute Gasteiger partial charge is 0.465 e. The van der Waals surface area contributed by atoms with E-state index in [2.05, 4.69) is 19.2 Å². The molecule has 0 saturated heterocycles. The molecule has 4 heteroatoms. The maximum atomic E-state index is 12.0. The van der Waals surface area contributed by atoms with Crippen LogP contribution in [-0.4, -0.2) is 37.9 Å². The number of esters is 1. The average Bonchev–Trinajstić information content (AvgIpc) is 2.74.